The summed E-state index contributed by atoms with van der Waals surface area (Å²) in [5, 5.41) is 3.63. The van der Waals surface area contributed by atoms with Crippen LogP contribution in [0.3, 0.4) is 0 Å². The molecule has 0 aliphatic carbocycles. The topological polar surface area (TPSA) is 18.5 Å². The average molecular weight is 227 g/mol. The molecule has 1 aliphatic rings. The maximum Gasteiger partial charge on any atom is 0.0110 e. The Labute approximate surface area is 101 Å². The fourth-order valence-corrected chi connectivity index (χ4v) is 2.36. The molecule has 96 valence electrons. The highest BCUT2D eigenvalue weighted by Crippen LogP contribution is 2.10. The first-order valence-corrected chi connectivity index (χ1v) is 6.75. The van der Waals surface area contributed by atoms with Crippen LogP contribution in [-0.4, -0.2) is 62.2 Å². The zero-order chi connectivity index (χ0) is 12.0. The third-order valence-corrected chi connectivity index (χ3v) is 3.71. The fourth-order valence-electron chi connectivity index (χ4n) is 2.36. The first-order chi connectivity index (χ1) is 7.63. The normalized spacial score (nSPS) is 25.7. The standard InChI is InChI=1S/C13H29N3/c1-5-13-7-10-16(11-8-14-13)12(2)6-9-15(3)4/h12-14H,5-11H2,1-4H3. The van der Waals surface area contributed by atoms with E-state index in [0.29, 0.717) is 0 Å². The van der Waals surface area contributed by atoms with Crippen LogP contribution in [0, 0.1) is 0 Å². The van der Waals surface area contributed by atoms with Gasteiger partial charge in [0.15, 0.2) is 0 Å². The van der Waals surface area contributed by atoms with Crippen LogP contribution >= 0.6 is 0 Å². The third kappa shape index (κ3) is 4.81. The Morgan fingerprint density at radius 2 is 2.12 bits per heavy atom. The van der Waals surface area contributed by atoms with Gasteiger partial charge in [-0.3, -0.25) is 4.90 Å². The highest BCUT2D eigenvalue weighted by atomic mass is 15.2. The smallest absolute Gasteiger partial charge is 0.0110 e. The van der Waals surface area contributed by atoms with Gasteiger partial charge in [0.25, 0.3) is 0 Å². The van der Waals surface area contributed by atoms with E-state index in [4.69, 9.17) is 0 Å². The van der Waals surface area contributed by atoms with Gasteiger partial charge in [-0.25, -0.2) is 0 Å². The molecular formula is C13H29N3. The van der Waals surface area contributed by atoms with Crippen molar-refractivity contribution in [3.63, 3.8) is 0 Å². The summed E-state index contributed by atoms with van der Waals surface area (Å²) in [4.78, 5) is 4.92. The molecule has 2 unspecified atom stereocenters. The molecule has 0 saturated carbocycles. The van der Waals surface area contributed by atoms with Gasteiger partial charge in [-0.1, -0.05) is 6.92 Å². The molecule has 0 bridgehead atoms. The van der Waals surface area contributed by atoms with E-state index >= 15 is 0 Å². The summed E-state index contributed by atoms with van der Waals surface area (Å²) in [6.45, 7) is 9.48. The van der Waals surface area contributed by atoms with Gasteiger partial charge in [0.1, 0.15) is 0 Å². The van der Waals surface area contributed by atoms with E-state index in [1.807, 2.05) is 0 Å². The van der Waals surface area contributed by atoms with E-state index < -0.39 is 0 Å². The van der Waals surface area contributed by atoms with Crippen LogP contribution in [0.5, 0.6) is 0 Å². The lowest BCUT2D eigenvalue weighted by molar-refractivity contribution is 0.198. The summed E-state index contributed by atoms with van der Waals surface area (Å²) in [7, 11) is 4.31. The van der Waals surface area contributed by atoms with Gasteiger partial charge in [-0.15, -0.1) is 0 Å². The van der Waals surface area contributed by atoms with E-state index in [9.17, 15) is 0 Å². The van der Waals surface area contributed by atoms with E-state index in [1.165, 1.54) is 38.9 Å². The van der Waals surface area contributed by atoms with Crippen LogP contribution < -0.4 is 5.32 Å². The van der Waals surface area contributed by atoms with Crippen molar-refractivity contribution >= 4 is 0 Å². The largest absolute Gasteiger partial charge is 0.313 e. The number of nitrogens with zero attached hydrogens (tertiary/aromatic N) is 2. The molecule has 0 aromatic heterocycles. The Morgan fingerprint density at radius 3 is 2.75 bits per heavy atom. The average Bonchev–Trinajstić information content (AvgIpc) is 2.50. The zero-order valence-electron chi connectivity index (χ0n) is 11.5. The molecule has 0 spiro atoms. The molecule has 16 heavy (non-hydrogen) atoms. The lowest BCUT2D eigenvalue weighted by Crippen LogP contribution is -2.37. The van der Waals surface area contributed by atoms with Gasteiger partial charge in [0, 0.05) is 25.2 Å². The van der Waals surface area contributed by atoms with E-state index in [-0.39, 0.29) is 0 Å². The van der Waals surface area contributed by atoms with Gasteiger partial charge in [-0.05, 0) is 53.4 Å². The Hall–Kier alpha value is -0.120. The molecule has 2 atom stereocenters. The van der Waals surface area contributed by atoms with Crippen molar-refractivity contribution < 1.29 is 0 Å². The van der Waals surface area contributed by atoms with Crippen molar-refractivity contribution in [1.29, 1.82) is 0 Å². The molecule has 0 aromatic carbocycles. The van der Waals surface area contributed by atoms with Crippen LogP contribution in [0.4, 0.5) is 0 Å². The van der Waals surface area contributed by atoms with Crippen molar-refractivity contribution in [2.45, 2.75) is 45.2 Å². The monoisotopic (exact) mass is 227 g/mol. The molecule has 1 aliphatic heterocycles. The minimum Gasteiger partial charge on any atom is -0.313 e. The van der Waals surface area contributed by atoms with Crippen LogP contribution in [0.25, 0.3) is 0 Å². The van der Waals surface area contributed by atoms with Gasteiger partial charge in [-0.2, -0.15) is 0 Å². The van der Waals surface area contributed by atoms with Gasteiger partial charge < -0.3 is 10.2 Å². The second-order valence-corrected chi connectivity index (χ2v) is 5.32. The Balaban J connectivity index is 2.30. The van der Waals surface area contributed by atoms with Crippen molar-refractivity contribution in [1.82, 2.24) is 15.1 Å². The Morgan fingerprint density at radius 1 is 1.38 bits per heavy atom. The van der Waals surface area contributed by atoms with E-state index in [2.05, 4.69) is 43.1 Å². The Bertz CT molecular complexity index is 182. The van der Waals surface area contributed by atoms with Crippen LogP contribution in [0.1, 0.15) is 33.1 Å². The molecule has 0 aromatic rings. The zero-order valence-corrected chi connectivity index (χ0v) is 11.5. The fraction of sp³-hybridized carbons (Fsp3) is 1.00. The molecule has 1 rings (SSSR count). The number of nitrogens with one attached hydrogen (secondary N) is 1. The molecule has 1 N–H and O–H groups in total. The van der Waals surface area contributed by atoms with Crippen LogP contribution in [-0.2, 0) is 0 Å². The van der Waals surface area contributed by atoms with Crippen molar-refractivity contribution in [2.75, 3.05) is 40.3 Å². The summed E-state index contributed by atoms with van der Waals surface area (Å²) in [6.07, 6.45) is 3.85. The molecule has 1 fully saturated rings. The second kappa shape index (κ2) is 7.25. The predicted octanol–water partition coefficient (Wildman–Crippen LogP) is 1.40. The number of hydrogen-bond acceptors (Lipinski definition) is 3. The summed E-state index contributed by atoms with van der Waals surface area (Å²) < 4.78 is 0. The SMILES string of the molecule is CCC1CCN(C(C)CCN(C)C)CCN1. The molecule has 0 amide bonds. The van der Waals surface area contributed by atoms with E-state index in [0.717, 1.165) is 18.6 Å². The summed E-state index contributed by atoms with van der Waals surface area (Å²) >= 11 is 0. The van der Waals surface area contributed by atoms with Crippen LogP contribution in [0.15, 0.2) is 0 Å². The minimum atomic E-state index is 0.722. The molecule has 3 heteroatoms. The van der Waals surface area contributed by atoms with Crippen LogP contribution in [0.2, 0.25) is 0 Å². The van der Waals surface area contributed by atoms with Crippen molar-refractivity contribution in [3.05, 3.63) is 0 Å². The van der Waals surface area contributed by atoms with E-state index in [1.54, 1.807) is 0 Å². The lowest BCUT2D eigenvalue weighted by atomic mass is 10.1. The highest BCUT2D eigenvalue weighted by Gasteiger charge is 2.18. The van der Waals surface area contributed by atoms with Crippen molar-refractivity contribution in [3.8, 4) is 0 Å². The lowest BCUT2D eigenvalue weighted by Gasteiger charge is -2.28. The summed E-state index contributed by atoms with van der Waals surface area (Å²) in [6, 6.07) is 1.46. The molecule has 1 heterocycles. The predicted molar refractivity (Wildman–Crippen MR) is 70.9 cm³/mol. The van der Waals surface area contributed by atoms with Crippen molar-refractivity contribution in [2.24, 2.45) is 0 Å². The molecule has 1 saturated heterocycles. The van der Waals surface area contributed by atoms with Gasteiger partial charge >= 0.3 is 0 Å². The maximum atomic E-state index is 3.63. The minimum absolute atomic E-state index is 0.722. The Kier molecular flexibility index (Phi) is 6.32. The first kappa shape index (κ1) is 13.9. The quantitative estimate of drug-likeness (QED) is 0.766. The molecular weight excluding hydrogens is 198 g/mol. The molecule has 0 radical (unpaired) electrons. The highest BCUT2D eigenvalue weighted by molar-refractivity contribution is 4.77. The van der Waals surface area contributed by atoms with Gasteiger partial charge in [0.05, 0.1) is 0 Å². The van der Waals surface area contributed by atoms with Gasteiger partial charge in [0.2, 0.25) is 0 Å². The maximum absolute atomic E-state index is 3.63. The number of hydrogen-bond donors (Lipinski definition) is 1. The summed E-state index contributed by atoms with van der Waals surface area (Å²) in [5.41, 5.74) is 0. The summed E-state index contributed by atoms with van der Waals surface area (Å²) in [5.74, 6) is 0. The first-order valence-electron chi connectivity index (χ1n) is 6.75. The molecule has 3 nitrogen and oxygen atoms in total. The third-order valence-electron chi connectivity index (χ3n) is 3.71. The number of rotatable bonds is 5. The second-order valence-electron chi connectivity index (χ2n) is 5.32.